The summed E-state index contributed by atoms with van der Waals surface area (Å²) in [5.74, 6) is 0.0305. The Kier molecular flexibility index (Phi) is 4.54. The molecule has 2 N–H and O–H groups in total. The third-order valence-corrected chi connectivity index (χ3v) is 3.00. The molecule has 1 aliphatic rings. The van der Waals surface area contributed by atoms with E-state index < -0.39 is 0 Å². The number of rotatable bonds is 4. The van der Waals surface area contributed by atoms with Crippen molar-refractivity contribution in [2.75, 3.05) is 26.8 Å². The Hall–Kier alpha value is -0.610. The van der Waals surface area contributed by atoms with Crippen LogP contribution in [0.1, 0.15) is 26.7 Å². The number of amides is 1. The van der Waals surface area contributed by atoms with Crippen molar-refractivity contribution in [2.24, 2.45) is 5.92 Å². The Balaban J connectivity index is 2.41. The molecule has 0 aromatic carbocycles. The number of nitrogens with one attached hydrogen (secondary N) is 2. The molecule has 1 amide bonds. The van der Waals surface area contributed by atoms with Crippen molar-refractivity contribution < 1.29 is 9.53 Å². The van der Waals surface area contributed by atoms with Crippen molar-refractivity contribution in [1.29, 1.82) is 0 Å². The van der Waals surface area contributed by atoms with Gasteiger partial charge in [-0.15, -0.1) is 0 Å². The topological polar surface area (TPSA) is 50.4 Å². The van der Waals surface area contributed by atoms with Gasteiger partial charge < -0.3 is 15.4 Å². The molecule has 1 saturated heterocycles. The van der Waals surface area contributed by atoms with Gasteiger partial charge in [-0.1, -0.05) is 6.92 Å². The second-order valence-electron chi connectivity index (χ2n) is 4.66. The van der Waals surface area contributed by atoms with Crippen LogP contribution in [-0.4, -0.2) is 38.3 Å². The van der Waals surface area contributed by atoms with Crippen molar-refractivity contribution in [2.45, 2.75) is 32.2 Å². The number of carbonyl (C=O) groups is 1. The largest absolute Gasteiger partial charge is 0.384 e. The van der Waals surface area contributed by atoms with Crippen LogP contribution in [-0.2, 0) is 9.53 Å². The summed E-state index contributed by atoms with van der Waals surface area (Å²) in [6.07, 6.45) is 2.00. The van der Waals surface area contributed by atoms with Crippen LogP contribution in [0.4, 0.5) is 0 Å². The van der Waals surface area contributed by atoms with E-state index in [0.717, 1.165) is 25.9 Å². The first-order valence-corrected chi connectivity index (χ1v) is 5.59. The van der Waals surface area contributed by atoms with E-state index in [9.17, 15) is 4.79 Å². The number of ether oxygens (including phenoxy) is 1. The summed E-state index contributed by atoms with van der Waals surface area (Å²) in [7, 11) is 1.62. The molecule has 4 nitrogen and oxygen atoms in total. The second-order valence-corrected chi connectivity index (χ2v) is 4.66. The smallest absolute Gasteiger partial charge is 0.225 e. The first kappa shape index (κ1) is 12.5. The molecular formula is C11H22N2O2. The van der Waals surface area contributed by atoms with Crippen LogP contribution < -0.4 is 10.6 Å². The fourth-order valence-corrected chi connectivity index (χ4v) is 1.85. The lowest BCUT2D eigenvalue weighted by Crippen LogP contribution is -2.53. The van der Waals surface area contributed by atoms with E-state index in [2.05, 4.69) is 17.6 Å². The van der Waals surface area contributed by atoms with Crippen LogP contribution in [0.2, 0.25) is 0 Å². The van der Waals surface area contributed by atoms with Gasteiger partial charge in [0, 0.05) is 12.6 Å². The van der Waals surface area contributed by atoms with Gasteiger partial charge in [0.05, 0.1) is 12.5 Å². The summed E-state index contributed by atoms with van der Waals surface area (Å²) < 4.78 is 4.97. The average Bonchev–Trinajstić information content (AvgIpc) is 2.18. The molecule has 0 aromatic heterocycles. The Morgan fingerprint density at radius 3 is 2.67 bits per heavy atom. The quantitative estimate of drug-likeness (QED) is 0.717. The Morgan fingerprint density at radius 2 is 2.13 bits per heavy atom. The number of hydrogen-bond acceptors (Lipinski definition) is 3. The molecule has 0 aromatic rings. The predicted molar refractivity (Wildman–Crippen MR) is 59.7 cm³/mol. The van der Waals surface area contributed by atoms with E-state index in [1.807, 2.05) is 6.92 Å². The lowest BCUT2D eigenvalue weighted by Gasteiger charge is -2.35. The summed E-state index contributed by atoms with van der Waals surface area (Å²) in [4.78, 5) is 11.8. The number of piperidine rings is 1. The maximum absolute atomic E-state index is 11.8. The van der Waals surface area contributed by atoms with Gasteiger partial charge in [-0.25, -0.2) is 0 Å². The normalized spacial score (nSPS) is 22.1. The second kappa shape index (κ2) is 5.47. The van der Waals surface area contributed by atoms with Crippen LogP contribution >= 0.6 is 0 Å². The highest BCUT2D eigenvalue weighted by molar-refractivity contribution is 5.79. The lowest BCUT2D eigenvalue weighted by atomic mass is 9.90. The summed E-state index contributed by atoms with van der Waals surface area (Å²) in [6, 6.07) is 0. The molecule has 0 spiro atoms. The van der Waals surface area contributed by atoms with Crippen molar-refractivity contribution in [1.82, 2.24) is 10.6 Å². The number of methoxy groups -OCH3 is 1. The molecule has 0 radical (unpaired) electrons. The Morgan fingerprint density at radius 1 is 1.53 bits per heavy atom. The summed E-state index contributed by atoms with van der Waals surface area (Å²) >= 11 is 0. The van der Waals surface area contributed by atoms with Gasteiger partial charge in [-0.2, -0.15) is 0 Å². The number of hydrogen-bond donors (Lipinski definition) is 2. The molecule has 4 heteroatoms. The lowest BCUT2D eigenvalue weighted by molar-refractivity contribution is -0.128. The maximum Gasteiger partial charge on any atom is 0.225 e. The van der Waals surface area contributed by atoms with E-state index in [1.54, 1.807) is 7.11 Å². The average molecular weight is 214 g/mol. The fraction of sp³-hybridized carbons (Fsp3) is 0.909. The molecule has 1 heterocycles. The van der Waals surface area contributed by atoms with E-state index in [4.69, 9.17) is 4.74 Å². The number of carbonyl (C=O) groups excluding carboxylic acids is 1. The standard InChI is InChI=1S/C11H22N2O2/c1-9(8-15-3)10(14)13-11(2)4-6-12-7-5-11/h9,12H,4-8H2,1-3H3,(H,13,14). The van der Waals surface area contributed by atoms with E-state index >= 15 is 0 Å². The minimum absolute atomic E-state index is 0.0374. The molecule has 1 aliphatic heterocycles. The van der Waals surface area contributed by atoms with Crippen LogP contribution in [0.15, 0.2) is 0 Å². The Bertz CT molecular complexity index is 213. The molecular weight excluding hydrogens is 192 g/mol. The van der Waals surface area contributed by atoms with E-state index in [-0.39, 0.29) is 17.4 Å². The highest BCUT2D eigenvalue weighted by atomic mass is 16.5. The van der Waals surface area contributed by atoms with Crippen molar-refractivity contribution >= 4 is 5.91 Å². The van der Waals surface area contributed by atoms with Gasteiger partial charge >= 0.3 is 0 Å². The van der Waals surface area contributed by atoms with E-state index in [0.29, 0.717) is 6.61 Å². The molecule has 0 aliphatic carbocycles. The minimum Gasteiger partial charge on any atom is -0.384 e. The zero-order chi connectivity index (χ0) is 11.3. The van der Waals surface area contributed by atoms with Gasteiger partial charge in [-0.3, -0.25) is 4.79 Å². The fourth-order valence-electron chi connectivity index (χ4n) is 1.85. The Labute approximate surface area is 91.8 Å². The predicted octanol–water partition coefficient (Wildman–Crippen LogP) is 0.527. The summed E-state index contributed by atoms with van der Waals surface area (Å²) in [5.41, 5.74) is -0.0374. The highest BCUT2D eigenvalue weighted by Gasteiger charge is 2.29. The molecule has 88 valence electrons. The van der Waals surface area contributed by atoms with Crippen LogP contribution in [0, 0.1) is 5.92 Å². The molecule has 1 atom stereocenters. The van der Waals surface area contributed by atoms with Gasteiger partial charge in [0.2, 0.25) is 5.91 Å². The molecule has 0 bridgehead atoms. The molecule has 15 heavy (non-hydrogen) atoms. The molecule has 0 saturated carbocycles. The maximum atomic E-state index is 11.8. The zero-order valence-electron chi connectivity index (χ0n) is 9.93. The first-order valence-electron chi connectivity index (χ1n) is 5.59. The SMILES string of the molecule is COCC(C)C(=O)NC1(C)CCNCC1. The van der Waals surface area contributed by atoms with Gasteiger partial charge in [-0.05, 0) is 32.9 Å². The monoisotopic (exact) mass is 214 g/mol. The summed E-state index contributed by atoms with van der Waals surface area (Å²) in [6.45, 7) is 6.46. The zero-order valence-corrected chi connectivity index (χ0v) is 9.93. The van der Waals surface area contributed by atoms with Crippen molar-refractivity contribution in [3.63, 3.8) is 0 Å². The highest BCUT2D eigenvalue weighted by Crippen LogP contribution is 2.17. The van der Waals surface area contributed by atoms with Crippen LogP contribution in [0.3, 0.4) is 0 Å². The minimum atomic E-state index is -0.0679. The molecule has 1 rings (SSSR count). The van der Waals surface area contributed by atoms with Crippen molar-refractivity contribution in [3.05, 3.63) is 0 Å². The third kappa shape index (κ3) is 3.80. The van der Waals surface area contributed by atoms with Crippen LogP contribution in [0.25, 0.3) is 0 Å². The van der Waals surface area contributed by atoms with Gasteiger partial charge in [0.15, 0.2) is 0 Å². The molecule has 1 fully saturated rings. The first-order chi connectivity index (χ1) is 7.07. The molecule has 1 unspecified atom stereocenters. The summed E-state index contributed by atoms with van der Waals surface area (Å²) in [5, 5.41) is 6.41. The van der Waals surface area contributed by atoms with Crippen molar-refractivity contribution in [3.8, 4) is 0 Å². The third-order valence-electron chi connectivity index (χ3n) is 3.00. The van der Waals surface area contributed by atoms with Gasteiger partial charge in [0.1, 0.15) is 0 Å². The van der Waals surface area contributed by atoms with E-state index in [1.165, 1.54) is 0 Å². The van der Waals surface area contributed by atoms with Crippen LogP contribution in [0.5, 0.6) is 0 Å². The van der Waals surface area contributed by atoms with Gasteiger partial charge in [0.25, 0.3) is 0 Å².